The van der Waals surface area contributed by atoms with E-state index < -0.39 is 11.9 Å². The summed E-state index contributed by atoms with van der Waals surface area (Å²) in [7, 11) is 1.57. The van der Waals surface area contributed by atoms with E-state index in [0.717, 1.165) is 4.47 Å². The second-order valence-electron chi connectivity index (χ2n) is 3.12. The van der Waals surface area contributed by atoms with Crippen molar-refractivity contribution in [1.29, 1.82) is 0 Å². The van der Waals surface area contributed by atoms with E-state index in [1.54, 1.807) is 25.3 Å². The Morgan fingerprint density at radius 1 is 1.56 bits per heavy atom. The van der Waals surface area contributed by atoms with Gasteiger partial charge in [0.05, 0.1) is 11.6 Å². The molecule has 5 nitrogen and oxygen atoms in total. The molecule has 88 valence electrons. The van der Waals surface area contributed by atoms with Crippen molar-refractivity contribution in [3.05, 3.63) is 22.7 Å². The third kappa shape index (κ3) is 3.39. The minimum absolute atomic E-state index is 0.0419. The Bertz CT molecular complexity index is 384. The van der Waals surface area contributed by atoms with Crippen LogP contribution >= 0.6 is 15.9 Å². The van der Waals surface area contributed by atoms with E-state index in [1.165, 1.54) is 0 Å². The molecule has 0 fully saturated rings. The molecule has 0 saturated carbocycles. The zero-order valence-electron chi connectivity index (χ0n) is 8.77. The summed E-state index contributed by atoms with van der Waals surface area (Å²) in [6.45, 7) is 0.0419. The standard InChI is InChI=1S/C10H13BrN2O3/c1-15-6-2-3-9(7(11)4-6)16-5-8(12)10(13)14/h2-4,8H,5,12H2,1H3,(H2,13,14). The van der Waals surface area contributed by atoms with Gasteiger partial charge < -0.3 is 20.9 Å². The van der Waals surface area contributed by atoms with Gasteiger partial charge >= 0.3 is 0 Å². The molecular formula is C10H13BrN2O3. The first-order valence-electron chi connectivity index (χ1n) is 4.56. The van der Waals surface area contributed by atoms with Crippen LogP contribution in [-0.4, -0.2) is 25.7 Å². The van der Waals surface area contributed by atoms with Gasteiger partial charge in [0.2, 0.25) is 5.91 Å². The summed E-state index contributed by atoms with van der Waals surface area (Å²) < 4.78 is 11.1. The number of carbonyl (C=O) groups is 1. The molecule has 1 aromatic carbocycles. The number of primary amides is 1. The van der Waals surface area contributed by atoms with Gasteiger partial charge in [0, 0.05) is 0 Å². The number of halogens is 1. The summed E-state index contributed by atoms with van der Waals surface area (Å²) in [5, 5.41) is 0. The fourth-order valence-electron chi connectivity index (χ4n) is 0.987. The summed E-state index contributed by atoms with van der Waals surface area (Å²) >= 11 is 3.31. The molecule has 4 N–H and O–H groups in total. The van der Waals surface area contributed by atoms with E-state index in [4.69, 9.17) is 20.9 Å². The number of hydrogen-bond donors (Lipinski definition) is 2. The van der Waals surface area contributed by atoms with Crippen LogP contribution in [0, 0.1) is 0 Å². The number of benzene rings is 1. The largest absolute Gasteiger partial charge is 0.497 e. The van der Waals surface area contributed by atoms with Crippen LogP contribution in [0.3, 0.4) is 0 Å². The van der Waals surface area contributed by atoms with Gasteiger partial charge in [0.25, 0.3) is 0 Å². The monoisotopic (exact) mass is 288 g/mol. The lowest BCUT2D eigenvalue weighted by Gasteiger charge is -2.12. The summed E-state index contributed by atoms with van der Waals surface area (Å²) in [4.78, 5) is 10.7. The van der Waals surface area contributed by atoms with Gasteiger partial charge in [-0.05, 0) is 34.1 Å². The fourth-order valence-corrected chi connectivity index (χ4v) is 1.46. The van der Waals surface area contributed by atoms with Crippen LogP contribution in [-0.2, 0) is 4.79 Å². The highest BCUT2D eigenvalue weighted by Crippen LogP contribution is 2.28. The molecule has 0 aliphatic rings. The summed E-state index contributed by atoms with van der Waals surface area (Å²) in [5.74, 6) is 0.695. The minimum atomic E-state index is -0.811. The van der Waals surface area contributed by atoms with Crippen molar-refractivity contribution in [2.45, 2.75) is 6.04 Å². The molecule has 0 aromatic heterocycles. The first kappa shape index (κ1) is 12.8. The van der Waals surface area contributed by atoms with E-state index in [2.05, 4.69) is 15.9 Å². The number of amides is 1. The molecule has 0 saturated heterocycles. The van der Waals surface area contributed by atoms with Gasteiger partial charge in [-0.3, -0.25) is 4.79 Å². The maximum Gasteiger partial charge on any atom is 0.237 e. The lowest BCUT2D eigenvalue weighted by atomic mass is 10.3. The zero-order valence-corrected chi connectivity index (χ0v) is 10.4. The van der Waals surface area contributed by atoms with Gasteiger partial charge in [0.1, 0.15) is 24.1 Å². The number of ether oxygens (including phenoxy) is 2. The second kappa shape index (κ2) is 5.72. The molecule has 0 radical (unpaired) electrons. The highest BCUT2D eigenvalue weighted by molar-refractivity contribution is 9.10. The van der Waals surface area contributed by atoms with Gasteiger partial charge in [-0.25, -0.2) is 0 Å². The molecule has 0 bridgehead atoms. The molecule has 6 heteroatoms. The van der Waals surface area contributed by atoms with Crippen LogP contribution in [0.4, 0.5) is 0 Å². The molecule has 1 rings (SSSR count). The van der Waals surface area contributed by atoms with E-state index in [-0.39, 0.29) is 6.61 Å². The highest BCUT2D eigenvalue weighted by Gasteiger charge is 2.11. The Hall–Kier alpha value is -1.27. The Labute approximate surface area is 102 Å². The molecular weight excluding hydrogens is 276 g/mol. The van der Waals surface area contributed by atoms with Crippen LogP contribution in [0.5, 0.6) is 11.5 Å². The van der Waals surface area contributed by atoms with Gasteiger partial charge in [0.15, 0.2) is 0 Å². The van der Waals surface area contributed by atoms with E-state index in [0.29, 0.717) is 11.5 Å². The number of hydrogen-bond acceptors (Lipinski definition) is 4. The van der Waals surface area contributed by atoms with Crippen molar-refractivity contribution in [3.63, 3.8) is 0 Å². The number of nitrogens with two attached hydrogens (primary N) is 2. The van der Waals surface area contributed by atoms with Crippen molar-refractivity contribution in [1.82, 2.24) is 0 Å². The van der Waals surface area contributed by atoms with E-state index in [1.807, 2.05) is 0 Å². The third-order valence-electron chi connectivity index (χ3n) is 1.92. The van der Waals surface area contributed by atoms with Crippen molar-refractivity contribution in [3.8, 4) is 11.5 Å². The summed E-state index contributed by atoms with van der Waals surface area (Å²) in [6.07, 6.45) is 0. The van der Waals surface area contributed by atoms with Gasteiger partial charge in [-0.15, -0.1) is 0 Å². The van der Waals surface area contributed by atoms with Gasteiger partial charge in [-0.2, -0.15) is 0 Å². The molecule has 0 aliphatic heterocycles. The van der Waals surface area contributed by atoms with Crippen LogP contribution in [0.2, 0.25) is 0 Å². The van der Waals surface area contributed by atoms with Crippen molar-refractivity contribution in [2.75, 3.05) is 13.7 Å². The van der Waals surface area contributed by atoms with E-state index in [9.17, 15) is 4.79 Å². The van der Waals surface area contributed by atoms with Gasteiger partial charge in [-0.1, -0.05) is 0 Å². The molecule has 16 heavy (non-hydrogen) atoms. The second-order valence-corrected chi connectivity index (χ2v) is 3.97. The number of carbonyl (C=O) groups excluding carboxylic acids is 1. The number of methoxy groups -OCH3 is 1. The third-order valence-corrected chi connectivity index (χ3v) is 2.54. The average molecular weight is 289 g/mol. The van der Waals surface area contributed by atoms with Crippen molar-refractivity contribution in [2.24, 2.45) is 11.5 Å². The first-order valence-corrected chi connectivity index (χ1v) is 5.35. The fraction of sp³-hybridized carbons (Fsp3) is 0.300. The Morgan fingerprint density at radius 3 is 2.75 bits per heavy atom. The minimum Gasteiger partial charge on any atom is -0.497 e. The zero-order chi connectivity index (χ0) is 12.1. The lowest BCUT2D eigenvalue weighted by Crippen LogP contribution is -2.41. The van der Waals surface area contributed by atoms with Crippen LogP contribution < -0.4 is 20.9 Å². The lowest BCUT2D eigenvalue weighted by molar-refractivity contribution is -0.119. The van der Waals surface area contributed by atoms with Crippen molar-refractivity contribution >= 4 is 21.8 Å². The topological polar surface area (TPSA) is 87.6 Å². The van der Waals surface area contributed by atoms with Crippen LogP contribution in [0.15, 0.2) is 22.7 Å². The van der Waals surface area contributed by atoms with E-state index >= 15 is 0 Å². The maximum absolute atomic E-state index is 10.7. The Kier molecular flexibility index (Phi) is 4.57. The molecule has 0 heterocycles. The number of rotatable bonds is 5. The molecule has 1 unspecified atom stereocenters. The molecule has 0 aliphatic carbocycles. The predicted molar refractivity (Wildman–Crippen MR) is 63.4 cm³/mol. The van der Waals surface area contributed by atoms with Crippen molar-refractivity contribution < 1.29 is 14.3 Å². The molecule has 1 aromatic rings. The quantitative estimate of drug-likeness (QED) is 0.833. The predicted octanol–water partition coefficient (Wildman–Crippen LogP) is 0.649. The normalized spacial score (nSPS) is 11.9. The summed E-state index contributed by atoms with van der Waals surface area (Å²) in [5.41, 5.74) is 10.4. The Balaban J connectivity index is 2.64. The molecule has 1 atom stereocenters. The molecule has 1 amide bonds. The Morgan fingerprint density at radius 2 is 2.25 bits per heavy atom. The average Bonchev–Trinajstić information content (AvgIpc) is 2.26. The van der Waals surface area contributed by atoms with Crippen LogP contribution in [0.25, 0.3) is 0 Å². The maximum atomic E-state index is 10.7. The smallest absolute Gasteiger partial charge is 0.237 e. The highest BCUT2D eigenvalue weighted by atomic mass is 79.9. The molecule has 0 spiro atoms. The SMILES string of the molecule is COc1ccc(OCC(N)C(N)=O)c(Br)c1. The van der Waals surface area contributed by atoms with Crippen LogP contribution in [0.1, 0.15) is 0 Å². The first-order chi connectivity index (χ1) is 7.54. The summed E-state index contributed by atoms with van der Waals surface area (Å²) in [6, 6.07) is 4.41.